The van der Waals surface area contributed by atoms with Gasteiger partial charge in [0.05, 0.1) is 12.7 Å². The molecule has 0 amide bonds. The second kappa shape index (κ2) is 4.75. The van der Waals surface area contributed by atoms with E-state index in [0.29, 0.717) is 0 Å². The van der Waals surface area contributed by atoms with Crippen molar-refractivity contribution in [2.75, 3.05) is 19.7 Å². The molecule has 0 spiro atoms. The van der Waals surface area contributed by atoms with Crippen molar-refractivity contribution >= 4 is 0 Å². The van der Waals surface area contributed by atoms with E-state index in [0.717, 1.165) is 18.7 Å². The third-order valence-corrected chi connectivity index (χ3v) is 2.79. The van der Waals surface area contributed by atoms with Crippen molar-refractivity contribution in [1.82, 2.24) is 4.90 Å². The van der Waals surface area contributed by atoms with Gasteiger partial charge in [0, 0.05) is 6.54 Å². The minimum atomic E-state index is -0.0462. The first-order valence-corrected chi connectivity index (χ1v) is 5.40. The molecule has 15 heavy (non-hydrogen) atoms. The molecule has 1 fully saturated rings. The smallest absolute Gasteiger partial charge is 0.137 e. The maximum atomic E-state index is 9.09. The molecule has 1 N–H and O–H groups in total. The number of nitrogens with zero attached hydrogens (tertiary/aromatic N) is 1. The zero-order valence-electron chi connectivity index (χ0n) is 8.97. The molecule has 1 aromatic carbocycles. The molecule has 0 radical (unpaired) electrons. The quantitative estimate of drug-likeness (QED) is 0.813. The van der Waals surface area contributed by atoms with Gasteiger partial charge in [0.15, 0.2) is 0 Å². The van der Waals surface area contributed by atoms with Crippen LogP contribution in [0, 0.1) is 0 Å². The fourth-order valence-corrected chi connectivity index (χ4v) is 1.97. The van der Waals surface area contributed by atoms with Crippen LogP contribution >= 0.6 is 0 Å². The molecule has 2 rings (SSSR count). The number of hydrogen-bond donors (Lipinski definition) is 1. The molecule has 82 valence electrons. The molecule has 0 aromatic heterocycles. The normalized spacial score (nSPS) is 27.1. The highest BCUT2D eigenvalue weighted by atomic mass is 16.5. The largest absolute Gasteiger partial charge is 0.394 e. The van der Waals surface area contributed by atoms with Gasteiger partial charge in [0.2, 0.25) is 0 Å². The molecular weight excluding hydrogens is 190 g/mol. The zero-order chi connectivity index (χ0) is 10.7. The van der Waals surface area contributed by atoms with E-state index in [2.05, 4.69) is 24.0 Å². The summed E-state index contributed by atoms with van der Waals surface area (Å²) in [5.74, 6) is 0. The predicted octanol–water partition coefficient (Wildman–Crippen LogP) is 1.40. The van der Waals surface area contributed by atoms with E-state index in [1.807, 2.05) is 18.2 Å². The van der Waals surface area contributed by atoms with Gasteiger partial charge in [-0.2, -0.15) is 0 Å². The van der Waals surface area contributed by atoms with E-state index >= 15 is 0 Å². The van der Waals surface area contributed by atoms with Crippen molar-refractivity contribution in [3.8, 4) is 0 Å². The Bertz CT molecular complexity index is 302. The molecule has 0 aliphatic carbocycles. The Kier molecular flexibility index (Phi) is 3.36. The molecule has 1 aliphatic heterocycles. The van der Waals surface area contributed by atoms with Gasteiger partial charge in [-0.15, -0.1) is 0 Å². The van der Waals surface area contributed by atoms with Gasteiger partial charge in [-0.3, -0.25) is 4.90 Å². The van der Waals surface area contributed by atoms with Crippen LogP contribution in [0.15, 0.2) is 30.3 Å². The average molecular weight is 207 g/mol. The standard InChI is InChI=1S/C12H17NO2/c1-2-13-8-11(9-14)15-12(13)10-6-4-3-5-7-10/h3-7,11-12,14H,2,8-9H2,1H3. The Morgan fingerprint density at radius 3 is 2.73 bits per heavy atom. The highest BCUT2D eigenvalue weighted by molar-refractivity contribution is 5.18. The molecule has 2 atom stereocenters. The summed E-state index contributed by atoms with van der Waals surface area (Å²) >= 11 is 0. The van der Waals surface area contributed by atoms with Crippen LogP contribution in [0.5, 0.6) is 0 Å². The SMILES string of the molecule is CCN1CC(CO)OC1c1ccccc1. The van der Waals surface area contributed by atoms with Crippen LogP contribution in [0.4, 0.5) is 0 Å². The summed E-state index contributed by atoms with van der Waals surface area (Å²) in [4.78, 5) is 2.23. The number of aliphatic hydroxyl groups is 1. The topological polar surface area (TPSA) is 32.7 Å². The van der Waals surface area contributed by atoms with Gasteiger partial charge >= 0.3 is 0 Å². The van der Waals surface area contributed by atoms with E-state index in [4.69, 9.17) is 9.84 Å². The van der Waals surface area contributed by atoms with E-state index in [1.54, 1.807) is 0 Å². The van der Waals surface area contributed by atoms with Crippen molar-refractivity contribution < 1.29 is 9.84 Å². The van der Waals surface area contributed by atoms with Crippen LogP contribution < -0.4 is 0 Å². The minimum Gasteiger partial charge on any atom is -0.394 e. The Morgan fingerprint density at radius 2 is 2.13 bits per heavy atom. The summed E-state index contributed by atoms with van der Waals surface area (Å²) in [5.41, 5.74) is 1.16. The maximum Gasteiger partial charge on any atom is 0.137 e. The lowest BCUT2D eigenvalue weighted by molar-refractivity contribution is -0.0184. The van der Waals surface area contributed by atoms with Crippen LogP contribution in [-0.4, -0.2) is 35.8 Å². The molecule has 3 nitrogen and oxygen atoms in total. The zero-order valence-corrected chi connectivity index (χ0v) is 8.97. The molecule has 1 heterocycles. The third-order valence-electron chi connectivity index (χ3n) is 2.79. The number of rotatable bonds is 3. The third kappa shape index (κ3) is 2.20. The first-order chi connectivity index (χ1) is 7.35. The monoisotopic (exact) mass is 207 g/mol. The van der Waals surface area contributed by atoms with Gasteiger partial charge in [0.1, 0.15) is 6.23 Å². The average Bonchev–Trinajstić information content (AvgIpc) is 2.73. The van der Waals surface area contributed by atoms with Crippen molar-refractivity contribution in [3.63, 3.8) is 0 Å². The minimum absolute atomic E-state index is 0.00773. The Morgan fingerprint density at radius 1 is 1.40 bits per heavy atom. The van der Waals surface area contributed by atoms with E-state index < -0.39 is 0 Å². The molecule has 0 bridgehead atoms. The number of likely N-dealkylation sites (N-methyl/N-ethyl adjacent to an activating group) is 1. The van der Waals surface area contributed by atoms with E-state index in [1.165, 1.54) is 0 Å². The second-order valence-electron chi connectivity index (χ2n) is 3.79. The lowest BCUT2D eigenvalue weighted by Gasteiger charge is -2.20. The molecule has 1 aromatic rings. The highest BCUT2D eigenvalue weighted by Crippen LogP contribution is 2.29. The molecule has 3 heteroatoms. The number of aliphatic hydroxyl groups excluding tert-OH is 1. The Hall–Kier alpha value is -0.900. The van der Waals surface area contributed by atoms with Gasteiger partial charge in [-0.1, -0.05) is 37.3 Å². The van der Waals surface area contributed by atoms with Gasteiger partial charge in [-0.25, -0.2) is 0 Å². The van der Waals surface area contributed by atoms with Crippen LogP contribution in [0.3, 0.4) is 0 Å². The summed E-state index contributed by atoms with van der Waals surface area (Å²) in [5, 5.41) is 9.09. The maximum absolute atomic E-state index is 9.09. The fraction of sp³-hybridized carbons (Fsp3) is 0.500. The van der Waals surface area contributed by atoms with E-state index in [9.17, 15) is 0 Å². The number of benzene rings is 1. The molecule has 0 saturated carbocycles. The first kappa shape index (κ1) is 10.6. The first-order valence-electron chi connectivity index (χ1n) is 5.40. The lowest BCUT2D eigenvalue weighted by Crippen LogP contribution is -2.25. The summed E-state index contributed by atoms with van der Waals surface area (Å²) in [6.07, 6.45) is -0.0384. The number of ether oxygens (including phenoxy) is 1. The lowest BCUT2D eigenvalue weighted by atomic mass is 10.2. The number of hydrogen-bond acceptors (Lipinski definition) is 3. The summed E-state index contributed by atoms with van der Waals surface area (Å²) in [6, 6.07) is 10.1. The van der Waals surface area contributed by atoms with Crippen LogP contribution in [0.1, 0.15) is 18.7 Å². The second-order valence-corrected chi connectivity index (χ2v) is 3.79. The van der Waals surface area contributed by atoms with Gasteiger partial charge in [-0.05, 0) is 12.1 Å². The predicted molar refractivity (Wildman–Crippen MR) is 58.4 cm³/mol. The van der Waals surface area contributed by atoms with Crippen molar-refractivity contribution in [2.24, 2.45) is 0 Å². The molecule has 2 unspecified atom stereocenters. The van der Waals surface area contributed by atoms with Gasteiger partial charge in [0.25, 0.3) is 0 Å². The van der Waals surface area contributed by atoms with E-state index in [-0.39, 0.29) is 18.9 Å². The summed E-state index contributed by atoms with van der Waals surface area (Å²) in [7, 11) is 0. The summed E-state index contributed by atoms with van der Waals surface area (Å²) < 4.78 is 5.78. The van der Waals surface area contributed by atoms with Crippen LogP contribution in [0.2, 0.25) is 0 Å². The van der Waals surface area contributed by atoms with Gasteiger partial charge < -0.3 is 9.84 Å². The Balaban J connectivity index is 2.14. The Labute approximate surface area is 90.3 Å². The van der Waals surface area contributed by atoms with Crippen LogP contribution in [0.25, 0.3) is 0 Å². The molecule has 1 aliphatic rings. The highest BCUT2D eigenvalue weighted by Gasteiger charge is 2.32. The molecular formula is C12H17NO2. The van der Waals surface area contributed by atoms with Crippen molar-refractivity contribution in [1.29, 1.82) is 0 Å². The van der Waals surface area contributed by atoms with Crippen molar-refractivity contribution in [3.05, 3.63) is 35.9 Å². The van der Waals surface area contributed by atoms with Crippen molar-refractivity contribution in [2.45, 2.75) is 19.3 Å². The molecule has 1 saturated heterocycles. The fourth-order valence-electron chi connectivity index (χ4n) is 1.97. The summed E-state index contributed by atoms with van der Waals surface area (Å²) in [6.45, 7) is 3.96. The van der Waals surface area contributed by atoms with Crippen LogP contribution in [-0.2, 0) is 4.74 Å².